The maximum atomic E-state index is 12.0. The van der Waals surface area contributed by atoms with Crippen molar-refractivity contribution < 1.29 is 14.6 Å². The highest BCUT2D eigenvalue weighted by molar-refractivity contribution is 6.36. The molecular weight excluding hydrogens is 341 g/mol. The third kappa shape index (κ3) is 2.97. The van der Waals surface area contributed by atoms with Gasteiger partial charge in [0.05, 0.1) is 15.6 Å². The molecule has 0 unspecified atom stereocenters. The lowest BCUT2D eigenvalue weighted by atomic mass is 10.2. The molecule has 0 saturated carbocycles. The average Bonchev–Trinajstić information content (AvgIpc) is 2.83. The van der Waals surface area contributed by atoms with Crippen LogP contribution in [0.5, 0.6) is 0 Å². The SMILES string of the molecule is O=C(Nc1cc([N+](=O)[O-])ccc1Cl)c1n[nH]c([N+](=O)[O-])c1Cl. The highest BCUT2D eigenvalue weighted by Gasteiger charge is 2.26. The zero-order valence-electron chi connectivity index (χ0n) is 10.4. The standard InChI is InChI=1S/C10H5Cl2N5O5/c11-5-2-1-4(16(19)20)3-6(5)13-10(18)8-7(12)9(15-14-8)17(21)22/h1-3H,(H,13,18)(H,14,15). The third-order valence-electron chi connectivity index (χ3n) is 2.50. The summed E-state index contributed by atoms with van der Waals surface area (Å²) in [6.07, 6.45) is 0. The van der Waals surface area contributed by atoms with E-state index in [4.69, 9.17) is 23.2 Å². The average molecular weight is 346 g/mol. The molecule has 12 heteroatoms. The molecule has 0 bridgehead atoms. The molecular formula is C10H5Cl2N5O5. The number of nitrogens with zero attached hydrogens (tertiary/aromatic N) is 3. The maximum Gasteiger partial charge on any atom is 0.362 e. The Morgan fingerprint density at radius 3 is 2.45 bits per heavy atom. The summed E-state index contributed by atoms with van der Waals surface area (Å²) >= 11 is 11.5. The van der Waals surface area contributed by atoms with Crippen LogP contribution < -0.4 is 5.32 Å². The number of carbonyl (C=O) groups is 1. The minimum absolute atomic E-state index is 0.0418. The summed E-state index contributed by atoms with van der Waals surface area (Å²) in [5.41, 5.74) is -0.780. The van der Waals surface area contributed by atoms with Gasteiger partial charge in [0.2, 0.25) is 0 Å². The predicted octanol–water partition coefficient (Wildman–Crippen LogP) is 2.79. The lowest BCUT2D eigenvalue weighted by Crippen LogP contribution is -2.13. The van der Waals surface area contributed by atoms with Crippen molar-refractivity contribution in [2.75, 3.05) is 5.32 Å². The van der Waals surface area contributed by atoms with Crippen LogP contribution in [0.4, 0.5) is 17.2 Å². The Balaban J connectivity index is 2.31. The van der Waals surface area contributed by atoms with Gasteiger partial charge in [0.1, 0.15) is 0 Å². The molecule has 10 nitrogen and oxygen atoms in total. The van der Waals surface area contributed by atoms with Crippen molar-refractivity contribution >= 4 is 46.3 Å². The highest BCUT2D eigenvalue weighted by Crippen LogP contribution is 2.29. The molecule has 0 spiro atoms. The van der Waals surface area contributed by atoms with Crippen LogP contribution in [-0.2, 0) is 0 Å². The van der Waals surface area contributed by atoms with Crippen molar-refractivity contribution in [3.63, 3.8) is 0 Å². The minimum atomic E-state index is -0.906. The van der Waals surface area contributed by atoms with E-state index < -0.39 is 32.3 Å². The molecule has 114 valence electrons. The molecule has 0 radical (unpaired) electrons. The number of carbonyl (C=O) groups excluding carboxylic acids is 1. The first-order chi connectivity index (χ1) is 10.3. The molecule has 22 heavy (non-hydrogen) atoms. The van der Waals surface area contributed by atoms with E-state index in [1.165, 1.54) is 6.07 Å². The molecule has 1 heterocycles. The van der Waals surface area contributed by atoms with E-state index in [-0.39, 0.29) is 16.4 Å². The number of rotatable bonds is 4. The molecule has 0 atom stereocenters. The normalized spacial score (nSPS) is 10.3. The van der Waals surface area contributed by atoms with Gasteiger partial charge in [-0.1, -0.05) is 28.3 Å². The molecule has 2 rings (SSSR count). The number of nitro groups is 2. The van der Waals surface area contributed by atoms with Crippen LogP contribution in [0.25, 0.3) is 0 Å². The van der Waals surface area contributed by atoms with Gasteiger partial charge >= 0.3 is 5.82 Å². The van der Waals surface area contributed by atoms with Gasteiger partial charge < -0.3 is 15.4 Å². The molecule has 0 aliphatic carbocycles. The second-order valence-electron chi connectivity index (χ2n) is 3.87. The number of anilines is 1. The van der Waals surface area contributed by atoms with E-state index in [9.17, 15) is 25.0 Å². The highest BCUT2D eigenvalue weighted by atomic mass is 35.5. The second-order valence-corrected chi connectivity index (χ2v) is 4.65. The van der Waals surface area contributed by atoms with E-state index in [0.29, 0.717) is 0 Å². The topological polar surface area (TPSA) is 144 Å². The van der Waals surface area contributed by atoms with Crippen molar-refractivity contribution in [1.82, 2.24) is 10.2 Å². The van der Waals surface area contributed by atoms with Crippen molar-refractivity contribution in [1.29, 1.82) is 0 Å². The molecule has 0 aliphatic rings. The molecule has 2 aromatic rings. The van der Waals surface area contributed by atoms with Crippen LogP contribution in [0.2, 0.25) is 10.0 Å². The van der Waals surface area contributed by atoms with Crippen molar-refractivity contribution in [3.05, 3.63) is 54.2 Å². The number of aromatic nitrogens is 2. The quantitative estimate of drug-likeness (QED) is 0.643. The number of halogens is 2. The second kappa shape index (κ2) is 5.95. The van der Waals surface area contributed by atoms with E-state index in [2.05, 4.69) is 10.4 Å². The summed E-state index contributed by atoms with van der Waals surface area (Å²) in [7, 11) is 0. The van der Waals surface area contributed by atoms with Gasteiger partial charge in [-0.15, -0.1) is 5.10 Å². The van der Waals surface area contributed by atoms with Gasteiger partial charge in [-0.3, -0.25) is 14.9 Å². The molecule has 0 aliphatic heterocycles. The van der Waals surface area contributed by atoms with E-state index in [0.717, 1.165) is 12.1 Å². The smallest absolute Gasteiger partial charge is 0.358 e. The number of hydrogen-bond acceptors (Lipinski definition) is 6. The van der Waals surface area contributed by atoms with Gasteiger partial charge in [0.25, 0.3) is 11.6 Å². The van der Waals surface area contributed by atoms with Crippen molar-refractivity contribution in [2.24, 2.45) is 0 Å². The Morgan fingerprint density at radius 1 is 1.23 bits per heavy atom. The fourth-order valence-corrected chi connectivity index (χ4v) is 1.90. The van der Waals surface area contributed by atoms with Crippen molar-refractivity contribution in [2.45, 2.75) is 0 Å². The van der Waals surface area contributed by atoms with Crippen LogP contribution in [0, 0.1) is 20.2 Å². The third-order valence-corrected chi connectivity index (χ3v) is 3.18. The fraction of sp³-hybridized carbons (Fsp3) is 0. The van der Waals surface area contributed by atoms with E-state index >= 15 is 0 Å². The number of amides is 1. The van der Waals surface area contributed by atoms with Gasteiger partial charge in [-0.2, -0.15) is 0 Å². The maximum absolute atomic E-state index is 12.0. The first-order valence-electron chi connectivity index (χ1n) is 5.44. The number of H-pyrrole nitrogens is 1. The monoisotopic (exact) mass is 345 g/mol. The summed E-state index contributed by atoms with van der Waals surface area (Å²) in [5.74, 6) is -1.55. The minimum Gasteiger partial charge on any atom is -0.358 e. The number of hydrogen-bond donors (Lipinski definition) is 2. The predicted molar refractivity (Wildman–Crippen MR) is 76.3 cm³/mol. The van der Waals surface area contributed by atoms with E-state index in [1.807, 2.05) is 5.10 Å². The van der Waals surface area contributed by atoms with Crippen LogP contribution in [0.1, 0.15) is 10.5 Å². The van der Waals surface area contributed by atoms with Crippen LogP contribution >= 0.6 is 23.2 Å². The number of nitrogens with one attached hydrogen (secondary N) is 2. The van der Waals surface area contributed by atoms with Crippen molar-refractivity contribution in [3.8, 4) is 0 Å². The van der Waals surface area contributed by atoms with Crippen LogP contribution in [0.3, 0.4) is 0 Å². The number of aromatic amines is 1. The molecule has 1 amide bonds. The van der Waals surface area contributed by atoms with Crippen LogP contribution in [0.15, 0.2) is 18.2 Å². The Hall–Kier alpha value is -2.72. The molecule has 1 aromatic carbocycles. The van der Waals surface area contributed by atoms with Gasteiger partial charge in [-0.25, -0.2) is 0 Å². The summed E-state index contributed by atoms with van der Waals surface area (Å²) in [5, 5.41) is 28.5. The summed E-state index contributed by atoms with van der Waals surface area (Å²) in [4.78, 5) is 31.8. The summed E-state index contributed by atoms with van der Waals surface area (Å²) < 4.78 is 0. The Labute approximate surface area is 131 Å². The molecule has 2 N–H and O–H groups in total. The zero-order chi connectivity index (χ0) is 16.4. The Morgan fingerprint density at radius 2 is 1.91 bits per heavy atom. The van der Waals surface area contributed by atoms with E-state index in [1.54, 1.807) is 0 Å². The summed E-state index contributed by atoms with van der Waals surface area (Å²) in [6, 6.07) is 3.42. The molecule has 0 fully saturated rings. The number of non-ortho nitro benzene ring substituents is 1. The fourth-order valence-electron chi connectivity index (χ4n) is 1.49. The number of benzene rings is 1. The molecule has 1 aromatic heterocycles. The lowest BCUT2D eigenvalue weighted by Gasteiger charge is -2.05. The number of nitro benzene ring substituents is 1. The zero-order valence-corrected chi connectivity index (χ0v) is 11.9. The largest absolute Gasteiger partial charge is 0.362 e. The Kier molecular flexibility index (Phi) is 4.24. The summed E-state index contributed by atoms with van der Waals surface area (Å²) in [6.45, 7) is 0. The van der Waals surface area contributed by atoms with Gasteiger partial charge in [-0.05, 0) is 11.0 Å². The van der Waals surface area contributed by atoms with Gasteiger partial charge in [0, 0.05) is 12.1 Å². The first-order valence-corrected chi connectivity index (χ1v) is 6.20. The Bertz CT molecular complexity index is 790. The molecule has 0 saturated heterocycles. The first kappa shape index (κ1) is 15.7. The lowest BCUT2D eigenvalue weighted by molar-refractivity contribution is -0.389. The van der Waals surface area contributed by atoms with Crippen LogP contribution in [-0.4, -0.2) is 26.0 Å². The van der Waals surface area contributed by atoms with Gasteiger partial charge in [0.15, 0.2) is 10.7 Å².